The van der Waals surface area contributed by atoms with Crippen LogP contribution in [0.2, 0.25) is 20.1 Å². The molecule has 6 aromatic rings. The summed E-state index contributed by atoms with van der Waals surface area (Å²) in [7, 11) is 8.93. The summed E-state index contributed by atoms with van der Waals surface area (Å²) in [5, 5.41) is 24.8. The monoisotopic (exact) mass is 1120 g/mol. The number of urea groups is 2. The lowest BCUT2D eigenvalue weighted by Gasteiger charge is -2.35. The van der Waals surface area contributed by atoms with E-state index in [4.69, 9.17) is 70.5 Å². The number of hydrogen-bond acceptors (Lipinski definition) is 17. The molecule has 0 unspecified atom stereocenters. The third-order valence-electron chi connectivity index (χ3n) is 12.1. The summed E-state index contributed by atoms with van der Waals surface area (Å²) in [6, 6.07) is 21.3. The van der Waals surface area contributed by atoms with E-state index in [1.165, 1.54) is 62.6 Å². The average molecular weight is 1120 g/mol. The van der Waals surface area contributed by atoms with Crippen molar-refractivity contribution in [2.75, 3.05) is 142 Å². The highest BCUT2D eigenvalue weighted by Crippen LogP contribution is 2.45. The number of rotatable bonds is 16. The molecule has 2 fully saturated rings. The molecule has 76 heavy (non-hydrogen) atoms. The topological polar surface area (TPSA) is 236 Å². The Labute approximate surface area is 459 Å². The number of nitrogens with zero attached hydrogens (tertiary/aromatic N) is 9. The third kappa shape index (κ3) is 14.1. The van der Waals surface area contributed by atoms with E-state index in [0.29, 0.717) is 59.4 Å². The maximum absolute atomic E-state index is 13.0. The first-order valence-electron chi connectivity index (χ1n) is 23.4. The number of aliphatic carboxylic acids is 1. The van der Waals surface area contributed by atoms with Gasteiger partial charge in [0.2, 0.25) is 0 Å². The molecule has 8 rings (SSSR count). The fourth-order valence-corrected chi connectivity index (χ4v) is 9.05. The van der Waals surface area contributed by atoms with E-state index in [-0.39, 0.29) is 38.0 Å². The number of nitrogens with one attached hydrogen (secondary N) is 5. The molecule has 4 aromatic carbocycles. The fourth-order valence-electron chi connectivity index (χ4n) is 7.86. The first-order chi connectivity index (χ1) is 36.6. The van der Waals surface area contributed by atoms with Crippen LogP contribution in [0.3, 0.4) is 0 Å². The minimum absolute atomic E-state index is 0.0612. The second-order valence-electron chi connectivity index (χ2n) is 16.8. The molecule has 2 aliphatic heterocycles. The zero-order valence-electron chi connectivity index (χ0n) is 42.3. The molecule has 4 amide bonds. The lowest BCUT2D eigenvalue weighted by molar-refractivity contribution is -0.138. The van der Waals surface area contributed by atoms with E-state index in [1.54, 1.807) is 32.3 Å². The summed E-state index contributed by atoms with van der Waals surface area (Å²) in [5.74, 6) is 2.11. The molecule has 0 bridgehead atoms. The Morgan fingerprint density at radius 2 is 0.934 bits per heavy atom. The highest BCUT2D eigenvalue weighted by Gasteiger charge is 2.25. The number of carbonyl (C=O) groups excluding carboxylic acids is 2. The van der Waals surface area contributed by atoms with Crippen molar-refractivity contribution in [3.8, 4) is 23.0 Å². The Bertz CT molecular complexity index is 2930. The molecular formula is C50H56Cl4N14O8. The number of carboxylic acids is 1. The Morgan fingerprint density at radius 1 is 0.566 bits per heavy atom. The number of amides is 4. The zero-order valence-corrected chi connectivity index (χ0v) is 45.3. The van der Waals surface area contributed by atoms with Crippen molar-refractivity contribution in [1.82, 2.24) is 30.2 Å². The number of piperazine rings is 2. The van der Waals surface area contributed by atoms with Gasteiger partial charge < -0.3 is 60.4 Å². The lowest BCUT2D eigenvalue weighted by Crippen LogP contribution is -2.47. The number of aromatic nitrogens is 4. The van der Waals surface area contributed by atoms with E-state index < -0.39 is 18.0 Å². The van der Waals surface area contributed by atoms with Crippen LogP contribution in [0.4, 0.5) is 67.0 Å². The van der Waals surface area contributed by atoms with Crippen LogP contribution < -0.4 is 65.1 Å². The maximum atomic E-state index is 13.0. The summed E-state index contributed by atoms with van der Waals surface area (Å²) in [5.41, 5.74) is 4.20. The summed E-state index contributed by atoms with van der Waals surface area (Å²) in [4.78, 5) is 63.0. The second-order valence-corrected chi connectivity index (χ2v) is 18.3. The van der Waals surface area contributed by atoms with Crippen molar-refractivity contribution in [3.05, 3.63) is 106 Å². The van der Waals surface area contributed by atoms with Crippen molar-refractivity contribution in [1.29, 1.82) is 0 Å². The first kappa shape index (κ1) is 56.3. The van der Waals surface area contributed by atoms with Crippen LogP contribution in [0.1, 0.15) is 0 Å². The van der Waals surface area contributed by atoms with Gasteiger partial charge in [0.05, 0.1) is 46.4 Å². The van der Waals surface area contributed by atoms with Gasteiger partial charge in [-0.1, -0.05) is 46.4 Å². The summed E-state index contributed by atoms with van der Waals surface area (Å²) >= 11 is 25.5. The molecule has 4 heterocycles. The summed E-state index contributed by atoms with van der Waals surface area (Å²) < 4.78 is 21.0. The number of anilines is 10. The van der Waals surface area contributed by atoms with Crippen LogP contribution in [-0.2, 0) is 4.79 Å². The van der Waals surface area contributed by atoms with E-state index in [0.717, 1.165) is 56.3 Å². The predicted molar refractivity (Wildman–Crippen MR) is 299 cm³/mol. The largest absolute Gasteiger partial charge is 0.495 e. The molecule has 0 radical (unpaired) electrons. The van der Waals surface area contributed by atoms with Crippen LogP contribution in [0.15, 0.2) is 85.5 Å². The smallest absolute Gasteiger partial charge is 0.327 e. The van der Waals surface area contributed by atoms with E-state index in [9.17, 15) is 14.4 Å². The van der Waals surface area contributed by atoms with Gasteiger partial charge in [0.15, 0.2) is 0 Å². The molecule has 2 aromatic heterocycles. The average Bonchev–Trinajstić information content (AvgIpc) is 3.45. The number of hydrogen-bond donors (Lipinski definition) is 6. The molecule has 26 heteroatoms. The molecular weight excluding hydrogens is 1070 g/mol. The van der Waals surface area contributed by atoms with Gasteiger partial charge in [-0.25, -0.2) is 29.5 Å². The minimum atomic E-state index is -0.810. The normalized spacial score (nSPS) is 13.3. The molecule has 0 aliphatic carbocycles. The Kier molecular flexibility index (Phi) is 19.5. The minimum Gasteiger partial charge on any atom is -0.495 e. The van der Waals surface area contributed by atoms with Gasteiger partial charge >= 0.3 is 18.0 Å². The number of ether oxygens (including phenoxy) is 4. The SMILES string of the molecule is COc1cc(OC)c(Cl)c(NC(=O)N(C)c2cc(Nc3ccc(N4CCN(CC(=O)O)CC4)cc3)ncn2)c1Cl.COc1cc(OC)c(Cl)c(NC(=O)N(C)c2cc(Nc3ccc(N4CCNCC4)cc3)ncn2)c1Cl. The molecule has 6 N–H and O–H groups in total. The fraction of sp³-hybridized carbons (Fsp3) is 0.300. The number of methoxy groups -OCH3 is 4. The van der Waals surface area contributed by atoms with Gasteiger partial charge in [-0.15, -0.1) is 0 Å². The van der Waals surface area contributed by atoms with Gasteiger partial charge in [0.25, 0.3) is 0 Å². The Hall–Kier alpha value is -7.47. The predicted octanol–water partition coefficient (Wildman–Crippen LogP) is 9.04. The van der Waals surface area contributed by atoms with Crippen molar-refractivity contribution in [2.45, 2.75) is 0 Å². The van der Waals surface area contributed by atoms with Crippen molar-refractivity contribution in [2.24, 2.45) is 0 Å². The quantitative estimate of drug-likeness (QED) is 0.0530. The summed E-state index contributed by atoms with van der Waals surface area (Å²) in [6.07, 6.45) is 2.73. The number of halogens is 4. The zero-order chi connectivity index (χ0) is 54.5. The van der Waals surface area contributed by atoms with E-state index >= 15 is 0 Å². The van der Waals surface area contributed by atoms with Crippen molar-refractivity contribution < 1.29 is 38.4 Å². The Morgan fingerprint density at radius 3 is 1.29 bits per heavy atom. The molecule has 22 nitrogen and oxygen atoms in total. The van der Waals surface area contributed by atoms with E-state index in [2.05, 4.69) is 68.5 Å². The van der Waals surface area contributed by atoms with Crippen LogP contribution in [0.5, 0.6) is 23.0 Å². The first-order valence-corrected chi connectivity index (χ1v) is 24.9. The molecule has 402 valence electrons. The lowest BCUT2D eigenvalue weighted by atomic mass is 10.2. The van der Waals surface area contributed by atoms with Gasteiger partial charge in [-0.3, -0.25) is 19.5 Å². The van der Waals surface area contributed by atoms with Gasteiger partial charge in [0, 0.05) is 113 Å². The van der Waals surface area contributed by atoms with Crippen molar-refractivity contribution >= 4 is 122 Å². The van der Waals surface area contributed by atoms with Crippen LogP contribution in [0, 0.1) is 0 Å². The number of carboxylic acid groups (broad SMARTS) is 1. The van der Waals surface area contributed by atoms with Gasteiger partial charge in [-0.05, 0) is 48.5 Å². The van der Waals surface area contributed by atoms with Crippen LogP contribution in [-0.4, -0.2) is 149 Å². The standard InChI is InChI=1S/C26H29Cl2N7O5.C24H27Cl2N7O3/c1-33(26(38)32-25-23(27)18(39-2)12-19(40-3)24(25)28)21-13-20(29-15-30-21)31-16-4-6-17(7-5-16)35-10-8-34(9-11-35)14-22(36)37;1-32(24(34)31-23-21(25)17(35-2)12-18(36-3)22(23)26)20-13-19(28-14-29-20)30-15-4-6-16(7-5-15)33-10-8-27-9-11-33/h4-7,12-13,15H,8-11,14H2,1-3H3,(H,32,38)(H,36,37)(H,29,30,31);4-7,12-14,27H,8-11H2,1-3H3,(H,31,34)(H,28,29,30). The third-order valence-corrected chi connectivity index (χ3v) is 13.6. The van der Waals surface area contributed by atoms with Crippen LogP contribution >= 0.6 is 46.4 Å². The molecule has 0 saturated carbocycles. The van der Waals surface area contributed by atoms with Crippen LogP contribution in [0.25, 0.3) is 0 Å². The van der Waals surface area contributed by atoms with Crippen molar-refractivity contribution in [3.63, 3.8) is 0 Å². The van der Waals surface area contributed by atoms with Gasteiger partial charge in [0.1, 0.15) is 79.0 Å². The molecule has 2 aliphatic rings. The highest BCUT2D eigenvalue weighted by atomic mass is 35.5. The molecule has 0 spiro atoms. The van der Waals surface area contributed by atoms with Gasteiger partial charge in [-0.2, -0.15) is 0 Å². The summed E-state index contributed by atoms with van der Waals surface area (Å²) in [6.45, 7) is 6.88. The molecule has 2 saturated heterocycles. The number of benzene rings is 4. The highest BCUT2D eigenvalue weighted by molar-refractivity contribution is 6.42. The van der Waals surface area contributed by atoms with E-state index in [1.807, 2.05) is 41.3 Å². The molecule has 0 atom stereocenters. The maximum Gasteiger partial charge on any atom is 0.327 e. The number of carbonyl (C=O) groups is 3. The Balaban J connectivity index is 0.000000222. The second kappa shape index (κ2) is 26.3.